The number of carboxylic acid groups (broad SMARTS) is 1. The lowest BCUT2D eigenvalue weighted by Gasteiger charge is -2.25. The molecule has 0 bridgehead atoms. The molecular formula is C19H23N3O3S. The molecule has 0 unspecified atom stereocenters. The van der Waals surface area contributed by atoms with Gasteiger partial charge in [0.05, 0.1) is 15.2 Å². The van der Waals surface area contributed by atoms with Gasteiger partial charge in [-0.3, -0.25) is 9.59 Å². The molecule has 3 heterocycles. The number of carbonyl (C=O) groups excluding carboxylic acids is 1. The lowest BCUT2D eigenvalue weighted by atomic mass is 9.81. The Kier molecular flexibility index (Phi) is 4.23. The molecule has 1 N–H and O–H groups in total. The predicted molar refractivity (Wildman–Crippen MR) is 101 cm³/mol. The fourth-order valence-electron chi connectivity index (χ4n) is 4.47. The predicted octanol–water partition coefficient (Wildman–Crippen LogP) is 2.47. The van der Waals surface area contributed by atoms with E-state index < -0.39 is 11.4 Å². The van der Waals surface area contributed by atoms with Gasteiger partial charge in [0.1, 0.15) is 5.41 Å². The fourth-order valence-corrected chi connectivity index (χ4v) is 5.33. The van der Waals surface area contributed by atoms with E-state index in [1.165, 1.54) is 0 Å². The molecule has 138 valence electrons. The minimum Gasteiger partial charge on any atom is -0.481 e. The average Bonchev–Trinajstić information content (AvgIpc) is 3.23. The molecule has 0 saturated carbocycles. The first-order chi connectivity index (χ1) is 12.4. The molecule has 2 fully saturated rings. The second-order valence-corrected chi connectivity index (χ2v) is 8.73. The van der Waals surface area contributed by atoms with Crippen molar-refractivity contribution in [1.82, 2.24) is 14.8 Å². The van der Waals surface area contributed by atoms with Crippen LogP contribution in [0.4, 0.5) is 0 Å². The fraction of sp³-hybridized carbons (Fsp3) is 0.526. The number of aliphatic carboxylic acids is 1. The zero-order chi connectivity index (χ0) is 18.5. The van der Waals surface area contributed by atoms with E-state index in [1.807, 2.05) is 19.1 Å². The maximum absolute atomic E-state index is 13.0. The summed E-state index contributed by atoms with van der Waals surface area (Å²) in [6.45, 7) is 7.09. The van der Waals surface area contributed by atoms with Crippen LogP contribution in [-0.4, -0.2) is 64.5 Å². The molecule has 2 aromatic rings. The molecule has 2 saturated heterocycles. The summed E-state index contributed by atoms with van der Waals surface area (Å²) in [5.74, 6) is -0.843. The highest BCUT2D eigenvalue weighted by molar-refractivity contribution is 7.18. The molecule has 7 heteroatoms. The molecule has 2 aliphatic heterocycles. The molecule has 0 spiro atoms. The van der Waals surface area contributed by atoms with Crippen LogP contribution in [0.25, 0.3) is 10.2 Å². The van der Waals surface area contributed by atoms with E-state index >= 15 is 0 Å². The van der Waals surface area contributed by atoms with Crippen LogP contribution in [0, 0.1) is 18.3 Å². The van der Waals surface area contributed by atoms with Crippen LogP contribution in [0.1, 0.15) is 28.7 Å². The second kappa shape index (κ2) is 6.32. The third-order valence-electron chi connectivity index (χ3n) is 5.67. The van der Waals surface area contributed by atoms with E-state index in [1.54, 1.807) is 22.3 Å². The maximum atomic E-state index is 13.0. The summed E-state index contributed by atoms with van der Waals surface area (Å²) in [7, 11) is 0. The number of fused-ring (bicyclic) bond motifs is 2. The molecule has 6 nitrogen and oxygen atoms in total. The van der Waals surface area contributed by atoms with Gasteiger partial charge >= 0.3 is 5.97 Å². The van der Waals surface area contributed by atoms with E-state index in [4.69, 9.17) is 0 Å². The van der Waals surface area contributed by atoms with Crippen LogP contribution < -0.4 is 0 Å². The molecule has 1 amide bonds. The minimum absolute atomic E-state index is 0.00452. The maximum Gasteiger partial charge on any atom is 0.313 e. The summed E-state index contributed by atoms with van der Waals surface area (Å²) in [5.41, 5.74) is 0.697. The number of aryl methyl sites for hydroxylation is 1. The number of likely N-dealkylation sites (tertiary alicyclic amines) is 2. The van der Waals surface area contributed by atoms with Crippen molar-refractivity contribution in [2.75, 3.05) is 32.7 Å². The van der Waals surface area contributed by atoms with Gasteiger partial charge in [-0.15, -0.1) is 11.3 Å². The van der Waals surface area contributed by atoms with Gasteiger partial charge in [0.2, 0.25) is 0 Å². The molecule has 1 aromatic carbocycles. The molecule has 2 aliphatic rings. The van der Waals surface area contributed by atoms with Crippen molar-refractivity contribution >= 4 is 33.4 Å². The number of aromatic nitrogens is 1. The highest BCUT2D eigenvalue weighted by atomic mass is 32.1. The summed E-state index contributed by atoms with van der Waals surface area (Å²) in [4.78, 5) is 33.5. The SMILES string of the molecule is CCCN1C[C@@H]2CN(C(=O)c3ccc4nc(C)sc4c3)C[C@]2(C(=O)O)C1. The largest absolute Gasteiger partial charge is 0.481 e. The van der Waals surface area contributed by atoms with Gasteiger partial charge in [-0.1, -0.05) is 6.92 Å². The Labute approximate surface area is 156 Å². The Balaban J connectivity index is 1.57. The average molecular weight is 373 g/mol. The van der Waals surface area contributed by atoms with Crippen LogP contribution in [-0.2, 0) is 4.79 Å². The Morgan fingerprint density at radius 2 is 2.15 bits per heavy atom. The summed E-state index contributed by atoms with van der Waals surface area (Å²) in [5, 5.41) is 10.9. The minimum atomic E-state index is -0.823. The van der Waals surface area contributed by atoms with Crippen molar-refractivity contribution in [1.29, 1.82) is 0 Å². The third kappa shape index (κ3) is 2.70. The number of nitrogens with zero attached hydrogens (tertiary/aromatic N) is 3. The Hall–Kier alpha value is -1.99. The summed E-state index contributed by atoms with van der Waals surface area (Å²) < 4.78 is 0.995. The molecule has 4 rings (SSSR count). The zero-order valence-corrected chi connectivity index (χ0v) is 15.9. The van der Waals surface area contributed by atoms with E-state index in [-0.39, 0.29) is 11.8 Å². The van der Waals surface area contributed by atoms with Gasteiger partial charge < -0.3 is 14.9 Å². The summed E-state index contributed by atoms with van der Waals surface area (Å²) >= 11 is 1.57. The molecular weight excluding hydrogens is 350 g/mol. The van der Waals surface area contributed by atoms with Crippen molar-refractivity contribution in [3.63, 3.8) is 0 Å². The topological polar surface area (TPSA) is 73.7 Å². The van der Waals surface area contributed by atoms with Crippen molar-refractivity contribution < 1.29 is 14.7 Å². The van der Waals surface area contributed by atoms with E-state index in [0.29, 0.717) is 25.2 Å². The van der Waals surface area contributed by atoms with Gasteiger partial charge in [-0.2, -0.15) is 0 Å². The molecule has 0 aliphatic carbocycles. The summed E-state index contributed by atoms with van der Waals surface area (Å²) in [6, 6.07) is 5.56. The highest BCUT2D eigenvalue weighted by Crippen LogP contribution is 2.43. The van der Waals surface area contributed by atoms with Crippen LogP contribution >= 0.6 is 11.3 Å². The van der Waals surface area contributed by atoms with Gasteiger partial charge in [0.15, 0.2) is 0 Å². The Bertz CT molecular complexity index is 880. The Morgan fingerprint density at radius 1 is 1.35 bits per heavy atom. The van der Waals surface area contributed by atoms with E-state index in [2.05, 4.69) is 16.8 Å². The second-order valence-electron chi connectivity index (χ2n) is 7.49. The van der Waals surface area contributed by atoms with E-state index in [0.717, 1.165) is 34.7 Å². The number of benzene rings is 1. The smallest absolute Gasteiger partial charge is 0.313 e. The van der Waals surface area contributed by atoms with Crippen molar-refractivity contribution in [3.8, 4) is 0 Å². The molecule has 1 aromatic heterocycles. The number of carbonyl (C=O) groups is 2. The standard InChI is InChI=1S/C19H23N3O3S/c1-3-6-21-8-14-9-22(11-19(14,10-21)18(24)25)17(23)13-4-5-15-16(7-13)26-12(2)20-15/h4-5,7,14H,3,6,8-11H2,1-2H3,(H,24,25)/t14-,19-/m1/s1. The van der Waals surface area contributed by atoms with E-state index in [9.17, 15) is 14.7 Å². The van der Waals surface area contributed by atoms with Gasteiger partial charge in [0.25, 0.3) is 5.91 Å². The molecule has 0 radical (unpaired) electrons. The highest BCUT2D eigenvalue weighted by Gasteiger charge is 2.58. The first kappa shape index (κ1) is 17.4. The Morgan fingerprint density at radius 3 is 2.85 bits per heavy atom. The molecule has 2 atom stereocenters. The number of hydrogen-bond acceptors (Lipinski definition) is 5. The van der Waals surface area contributed by atoms with Crippen LogP contribution in [0.3, 0.4) is 0 Å². The number of rotatable bonds is 4. The van der Waals surface area contributed by atoms with Gasteiger partial charge in [-0.05, 0) is 38.1 Å². The van der Waals surface area contributed by atoms with Crippen LogP contribution in [0.15, 0.2) is 18.2 Å². The summed E-state index contributed by atoms with van der Waals surface area (Å²) in [6.07, 6.45) is 1.01. The normalized spacial score (nSPS) is 25.8. The van der Waals surface area contributed by atoms with Crippen molar-refractivity contribution in [2.24, 2.45) is 11.3 Å². The van der Waals surface area contributed by atoms with Crippen LogP contribution in [0.2, 0.25) is 0 Å². The first-order valence-electron chi connectivity index (χ1n) is 9.05. The van der Waals surface area contributed by atoms with Gasteiger partial charge in [0, 0.05) is 37.7 Å². The number of thiazole rings is 1. The van der Waals surface area contributed by atoms with Crippen molar-refractivity contribution in [3.05, 3.63) is 28.8 Å². The number of hydrogen-bond donors (Lipinski definition) is 1. The lowest BCUT2D eigenvalue weighted by Crippen LogP contribution is -2.42. The first-order valence-corrected chi connectivity index (χ1v) is 9.87. The number of carboxylic acids is 1. The molecule has 26 heavy (non-hydrogen) atoms. The lowest BCUT2D eigenvalue weighted by molar-refractivity contribution is -0.148. The number of amides is 1. The third-order valence-corrected chi connectivity index (χ3v) is 6.61. The van der Waals surface area contributed by atoms with Crippen molar-refractivity contribution in [2.45, 2.75) is 20.3 Å². The quantitative estimate of drug-likeness (QED) is 0.891. The zero-order valence-electron chi connectivity index (χ0n) is 15.1. The van der Waals surface area contributed by atoms with Crippen LogP contribution in [0.5, 0.6) is 0 Å². The van der Waals surface area contributed by atoms with Gasteiger partial charge in [-0.25, -0.2) is 4.98 Å². The monoisotopic (exact) mass is 373 g/mol.